The summed E-state index contributed by atoms with van der Waals surface area (Å²) in [5.41, 5.74) is 0. The lowest BCUT2D eigenvalue weighted by atomic mass is 9.95. The summed E-state index contributed by atoms with van der Waals surface area (Å²) < 4.78 is 23.2. The Morgan fingerprint density at radius 2 is 1.76 bits per heavy atom. The van der Waals surface area contributed by atoms with Crippen LogP contribution < -0.4 is 5.32 Å². The van der Waals surface area contributed by atoms with Gasteiger partial charge in [0.25, 0.3) is 0 Å². The number of sulfone groups is 1. The van der Waals surface area contributed by atoms with E-state index in [-0.39, 0.29) is 0 Å². The first-order valence-corrected chi connectivity index (χ1v) is 10.8. The van der Waals surface area contributed by atoms with Gasteiger partial charge in [-0.1, -0.05) is 52.4 Å². The zero-order valence-corrected chi connectivity index (χ0v) is 14.9. The molecule has 1 saturated heterocycles. The third-order valence-corrected chi connectivity index (χ3v) is 6.37. The van der Waals surface area contributed by atoms with E-state index in [4.69, 9.17) is 0 Å². The third kappa shape index (κ3) is 8.82. The summed E-state index contributed by atoms with van der Waals surface area (Å²) in [5, 5.41) is 3.63. The molecule has 1 aliphatic heterocycles. The molecule has 0 aromatic heterocycles. The van der Waals surface area contributed by atoms with Gasteiger partial charge in [-0.3, -0.25) is 0 Å². The largest absolute Gasteiger partial charge is 0.314 e. The van der Waals surface area contributed by atoms with Crippen LogP contribution in [0, 0.1) is 5.92 Å². The fourth-order valence-electron chi connectivity index (χ4n) is 3.28. The maximum atomic E-state index is 11.6. The summed E-state index contributed by atoms with van der Waals surface area (Å²) in [6.07, 6.45) is 12.3. The Kier molecular flexibility index (Phi) is 9.57. The van der Waals surface area contributed by atoms with Gasteiger partial charge in [0.15, 0.2) is 9.84 Å². The van der Waals surface area contributed by atoms with E-state index in [0.717, 1.165) is 25.8 Å². The van der Waals surface area contributed by atoms with Gasteiger partial charge >= 0.3 is 0 Å². The van der Waals surface area contributed by atoms with Gasteiger partial charge in [0.1, 0.15) is 0 Å². The first-order valence-electron chi connectivity index (χ1n) is 9.01. The van der Waals surface area contributed by atoms with Gasteiger partial charge in [-0.15, -0.1) is 0 Å². The molecule has 0 saturated carbocycles. The predicted molar refractivity (Wildman–Crippen MR) is 91.5 cm³/mol. The number of nitrogens with one attached hydrogen (secondary N) is 1. The molecule has 2 unspecified atom stereocenters. The molecular formula is C17H35NO2S. The molecule has 0 aromatic carbocycles. The van der Waals surface area contributed by atoms with Crippen LogP contribution in [-0.4, -0.2) is 32.5 Å². The molecule has 1 fully saturated rings. The topological polar surface area (TPSA) is 46.2 Å². The third-order valence-electron chi connectivity index (χ3n) is 4.53. The average molecular weight is 318 g/mol. The predicted octanol–water partition coefficient (Wildman–Crippen LogP) is 3.93. The van der Waals surface area contributed by atoms with E-state index in [2.05, 4.69) is 19.2 Å². The van der Waals surface area contributed by atoms with Gasteiger partial charge in [0.2, 0.25) is 0 Å². The zero-order chi connectivity index (χ0) is 15.6. The van der Waals surface area contributed by atoms with Crippen LogP contribution >= 0.6 is 0 Å². The molecule has 0 radical (unpaired) electrons. The van der Waals surface area contributed by atoms with Crippen molar-refractivity contribution in [3.8, 4) is 0 Å². The molecule has 1 heterocycles. The summed E-state index contributed by atoms with van der Waals surface area (Å²) in [6, 6.07) is 0.523. The Balaban J connectivity index is 2.24. The highest BCUT2D eigenvalue weighted by molar-refractivity contribution is 7.91. The van der Waals surface area contributed by atoms with Crippen LogP contribution in [0.15, 0.2) is 0 Å². The molecule has 0 aliphatic carbocycles. The van der Waals surface area contributed by atoms with Crippen LogP contribution in [0.5, 0.6) is 0 Å². The van der Waals surface area contributed by atoms with Crippen LogP contribution in [0.25, 0.3) is 0 Å². The smallest absolute Gasteiger partial charge is 0.150 e. The molecule has 4 heteroatoms. The van der Waals surface area contributed by atoms with E-state index in [1.165, 1.54) is 44.9 Å². The van der Waals surface area contributed by atoms with Crippen molar-refractivity contribution < 1.29 is 8.42 Å². The second-order valence-corrected chi connectivity index (χ2v) is 8.94. The summed E-state index contributed by atoms with van der Waals surface area (Å²) in [4.78, 5) is 0. The average Bonchev–Trinajstić information content (AvgIpc) is 2.78. The Labute approximate surface area is 132 Å². The molecule has 0 aromatic rings. The Morgan fingerprint density at radius 3 is 2.38 bits per heavy atom. The molecule has 126 valence electrons. The van der Waals surface area contributed by atoms with E-state index in [1.807, 2.05) is 0 Å². The molecule has 0 spiro atoms. The monoisotopic (exact) mass is 317 g/mol. The minimum atomic E-state index is -2.72. The van der Waals surface area contributed by atoms with Crippen molar-refractivity contribution in [3.63, 3.8) is 0 Å². The highest BCUT2D eigenvalue weighted by Crippen LogP contribution is 2.24. The van der Waals surface area contributed by atoms with Crippen LogP contribution in [0.3, 0.4) is 0 Å². The van der Waals surface area contributed by atoms with Gasteiger partial charge in [-0.05, 0) is 38.1 Å². The standard InChI is InChI=1S/C17H35NO2S/c1-3-5-6-7-8-9-10-17(18-12-4-2)14-16-11-13-21(19,20)15-16/h16-18H,3-15H2,1-2H3. The highest BCUT2D eigenvalue weighted by atomic mass is 32.2. The van der Waals surface area contributed by atoms with Crippen molar-refractivity contribution >= 4 is 9.84 Å². The van der Waals surface area contributed by atoms with Gasteiger partial charge in [0, 0.05) is 6.04 Å². The second-order valence-electron chi connectivity index (χ2n) is 6.71. The van der Waals surface area contributed by atoms with Crippen molar-refractivity contribution in [2.24, 2.45) is 5.92 Å². The minimum absolute atomic E-state index is 0.393. The quantitative estimate of drug-likeness (QED) is 0.555. The normalized spacial score (nSPS) is 22.5. The summed E-state index contributed by atoms with van der Waals surface area (Å²) in [7, 11) is -2.72. The van der Waals surface area contributed by atoms with Crippen LogP contribution in [0.1, 0.15) is 78.1 Å². The van der Waals surface area contributed by atoms with Gasteiger partial charge in [0.05, 0.1) is 11.5 Å². The van der Waals surface area contributed by atoms with Crippen LogP contribution in [-0.2, 0) is 9.84 Å². The maximum Gasteiger partial charge on any atom is 0.150 e. The summed E-state index contributed by atoms with van der Waals surface area (Å²) in [6.45, 7) is 5.50. The Hall–Kier alpha value is -0.0900. The molecule has 0 amide bonds. The molecule has 1 rings (SSSR count). The fourth-order valence-corrected chi connectivity index (χ4v) is 5.16. The Bertz CT molecular complexity index is 354. The molecule has 21 heavy (non-hydrogen) atoms. The van der Waals surface area contributed by atoms with Gasteiger partial charge in [-0.2, -0.15) is 0 Å². The lowest BCUT2D eigenvalue weighted by Crippen LogP contribution is -2.32. The first kappa shape index (κ1) is 19.0. The van der Waals surface area contributed by atoms with E-state index >= 15 is 0 Å². The van der Waals surface area contributed by atoms with Crippen molar-refractivity contribution in [1.29, 1.82) is 0 Å². The number of hydrogen-bond donors (Lipinski definition) is 1. The van der Waals surface area contributed by atoms with Gasteiger partial charge < -0.3 is 5.32 Å². The number of hydrogen-bond acceptors (Lipinski definition) is 3. The van der Waals surface area contributed by atoms with Crippen LogP contribution in [0.4, 0.5) is 0 Å². The van der Waals surface area contributed by atoms with Crippen LogP contribution in [0.2, 0.25) is 0 Å². The summed E-state index contributed by atoms with van der Waals surface area (Å²) in [5.74, 6) is 1.23. The molecule has 0 bridgehead atoms. The molecule has 3 nitrogen and oxygen atoms in total. The van der Waals surface area contributed by atoms with Crippen molar-refractivity contribution in [2.45, 2.75) is 84.1 Å². The van der Waals surface area contributed by atoms with E-state index < -0.39 is 9.84 Å². The molecular weight excluding hydrogens is 282 g/mol. The van der Waals surface area contributed by atoms with E-state index in [9.17, 15) is 8.42 Å². The minimum Gasteiger partial charge on any atom is -0.314 e. The van der Waals surface area contributed by atoms with Crippen molar-refractivity contribution in [2.75, 3.05) is 18.1 Å². The Morgan fingerprint density at radius 1 is 1.05 bits per heavy atom. The molecule has 1 N–H and O–H groups in total. The lowest BCUT2D eigenvalue weighted by molar-refractivity contribution is 0.374. The highest BCUT2D eigenvalue weighted by Gasteiger charge is 2.29. The second kappa shape index (κ2) is 10.6. The number of rotatable bonds is 12. The van der Waals surface area contributed by atoms with E-state index in [0.29, 0.717) is 23.5 Å². The fraction of sp³-hybridized carbons (Fsp3) is 1.00. The van der Waals surface area contributed by atoms with Crippen molar-refractivity contribution in [3.05, 3.63) is 0 Å². The molecule has 2 atom stereocenters. The first-order chi connectivity index (χ1) is 10.1. The number of unbranched alkanes of at least 4 members (excludes halogenated alkanes) is 5. The van der Waals surface area contributed by atoms with Gasteiger partial charge in [-0.25, -0.2) is 8.42 Å². The lowest BCUT2D eigenvalue weighted by Gasteiger charge is -2.21. The SMILES string of the molecule is CCCCCCCCC(CC1CCS(=O)(=O)C1)NCCC. The van der Waals surface area contributed by atoms with Crippen molar-refractivity contribution in [1.82, 2.24) is 5.32 Å². The molecule has 1 aliphatic rings. The maximum absolute atomic E-state index is 11.6. The summed E-state index contributed by atoms with van der Waals surface area (Å²) >= 11 is 0. The zero-order valence-electron chi connectivity index (χ0n) is 14.1. The van der Waals surface area contributed by atoms with E-state index in [1.54, 1.807) is 0 Å².